The maximum atomic E-state index is 13.6. The summed E-state index contributed by atoms with van der Waals surface area (Å²) >= 11 is 6.00. The molecule has 106 valence electrons. The first-order valence-corrected chi connectivity index (χ1v) is 7.15. The summed E-state index contributed by atoms with van der Waals surface area (Å²) in [6, 6.07) is 4.81. The number of ether oxygens (including phenoxy) is 1. The van der Waals surface area contributed by atoms with Crippen LogP contribution in [0, 0.1) is 5.82 Å². The number of rotatable bonds is 4. The van der Waals surface area contributed by atoms with E-state index in [1.54, 1.807) is 12.1 Å². The van der Waals surface area contributed by atoms with Crippen LogP contribution >= 0.6 is 11.6 Å². The van der Waals surface area contributed by atoms with Crippen molar-refractivity contribution in [2.24, 2.45) is 0 Å². The molecule has 1 aliphatic heterocycles. The van der Waals surface area contributed by atoms with Crippen LogP contribution in [0.4, 0.5) is 4.39 Å². The molecule has 1 atom stereocenters. The van der Waals surface area contributed by atoms with Gasteiger partial charge in [0, 0.05) is 11.6 Å². The van der Waals surface area contributed by atoms with E-state index in [1.807, 2.05) is 6.92 Å². The zero-order valence-corrected chi connectivity index (χ0v) is 11.8. The van der Waals surface area contributed by atoms with Crippen LogP contribution in [0.1, 0.15) is 31.7 Å². The predicted octanol–water partition coefficient (Wildman–Crippen LogP) is 3.28. The highest BCUT2D eigenvalue weighted by Crippen LogP contribution is 2.36. The minimum absolute atomic E-state index is 0.0358. The summed E-state index contributed by atoms with van der Waals surface area (Å²) in [5.41, 5.74) is 0.768. The average Bonchev–Trinajstić information content (AvgIpc) is 3.18. The van der Waals surface area contributed by atoms with E-state index in [0.29, 0.717) is 29.5 Å². The Morgan fingerprint density at radius 1 is 1.45 bits per heavy atom. The lowest BCUT2D eigenvalue weighted by Crippen LogP contribution is -2.19. The predicted molar refractivity (Wildman–Crippen MR) is 74.7 cm³/mol. The number of ketones is 1. The third-order valence-corrected chi connectivity index (χ3v) is 3.91. The van der Waals surface area contributed by atoms with Crippen LogP contribution in [0.25, 0.3) is 5.57 Å². The minimum Gasteiger partial charge on any atom is -0.467 e. The number of halogens is 2. The highest BCUT2D eigenvalue weighted by molar-refractivity contribution is 6.36. The second-order valence-corrected chi connectivity index (χ2v) is 5.48. The van der Waals surface area contributed by atoms with Crippen LogP contribution < -0.4 is 5.32 Å². The van der Waals surface area contributed by atoms with E-state index >= 15 is 0 Å². The van der Waals surface area contributed by atoms with Gasteiger partial charge < -0.3 is 10.1 Å². The van der Waals surface area contributed by atoms with Crippen molar-refractivity contribution in [2.75, 3.05) is 0 Å². The molecule has 1 aromatic carbocycles. The van der Waals surface area contributed by atoms with Gasteiger partial charge in [-0.05, 0) is 25.3 Å². The molecule has 0 aromatic heterocycles. The number of nitrogens with one attached hydrogen (secondary N) is 1. The molecule has 1 heterocycles. The lowest BCUT2D eigenvalue weighted by molar-refractivity contribution is -0.120. The Hall–Kier alpha value is -1.55. The lowest BCUT2D eigenvalue weighted by Gasteiger charge is -2.10. The summed E-state index contributed by atoms with van der Waals surface area (Å²) in [5.74, 6) is -0.227. The average molecular weight is 296 g/mol. The molecule has 0 saturated heterocycles. The largest absolute Gasteiger partial charge is 0.467 e. The Balaban J connectivity index is 2.05. The van der Waals surface area contributed by atoms with Crippen molar-refractivity contribution < 1.29 is 13.9 Å². The third kappa shape index (κ3) is 2.29. The van der Waals surface area contributed by atoms with E-state index in [1.165, 1.54) is 6.07 Å². The zero-order chi connectivity index (χ0) is 14.3. The van der Waals surface area contributed by atoms with Gasteiger partial charge in [0.15, 0.2) is 12.0 Å². The second kappa shape index (κ2) is 5.09. The fraction of sp³-hybridized carbons (Fsp3) is 0.400. The molecule has 1 aliphatic carbocycles. The van der Waals surface area contributed by atoms with Crippen molar-refractivity contribution >= 4 is 23.0 Å². The number of carbonyl (C=O) groups is 1. The van der Waals surface area contributed by atoms with Gasteiger partial charge in [0.1, 0.15) is 5.82 Å². The fourth-order valence-corrected chi connectivity index (χ4v) is 2.49. The molecule has 0 spiro atoms. The number of Topliss-reactive ketones (excluding diaryl/α,β-unsaturated/α-hetero) is 1. The Morgan fingerprint density at radius 2 is 2.20 bits per heavy atom. The molecule has 2 aliphatic rings. The topological polar surface area (TPSA) is 38.3 Å². The Morgan fingerprint density at radius 3 is 2.85 bits per heavy atom. The van der Waals surface area contributed by atoms with Gasteiger partial charge in [0.2, 0.25) is 5.78 Å². The number of hydrogen-bond acceptors (Lipinski definition) is 3. The van der Waals surface area contributed by atoms with Crippen LogP contribution in [0.3, 0.4) is 0 Å². The van der Waals surface area contributed by atoms with Gasteiger partial charge >= 0.3 is 0 Å². The molecule has 3 rings (SSSR count). The molecule has 1 fully saturated rings. The number of hydrogen-bond donors (Lipinski definition) is 1. The third-order valence-electron chi connectivity index (χ3n) is 3.53. The molecular weight excluding hydrogens is 281 g/mol. The molecule has 20 heavy (non-hydrogen) atoms. The zero-order valence-electron chi connectivity index (χ0n) is 11.1. The van der Waals surface area contributed by atoms with Crippen molar-refractivity contribution in [1.82, 2.24) is 5.32 Å². The van der Waals surface area contributed by atoms with Crippen molar-refractivity contribution in [1.29, 1.82) is 0 Å². The molecule has 1 aromatic rings. The smallest absolute Gasteiger partial charge is 0.209 e. The van der Waals surface area contributed by atoms with Crippen LogP contribution in [-0.2, 0) is 9.53 Å². The van der Waals surface area contributed by atoms with Crippen LogP contribution in [-0.4, -0.2) is 17.9 Å². The van der Waals surface area contributed by atoms with Gasteiger partial charge in [-0.15, -0.1) is 0 Å². The standard InChI is InChI=1S/C15H15ClFNO2/c1-2-11-14(19)12(15(20-11)18-8-6-7-8)9-4-3-5-10(17)13(9)16/h3-5,8,11,18H,2,6-7H2,1H3. The molecule has 1 unspecified atom stereocenters. The molecule has 1 N–H and O–H groups in total. The van der Waals surface area contributed by atoms with E-state index in [4.69, 9.17) is 16.3 Å². The normalized spacial score (nSPS) is 22.1. The van der Waals surface area contributed by atoms with E-state index in [9.17, 15) is 9.18 Å². The summed E-state index contributed by atoms with van der Waals surface area (Å²) in [5, 5.41) is 3.16. The SMILES string of the molecule is CCC1OC(NC2CC2)=C(c2cccc(F)c2Cl)C1=O. The van der Waals surface area contributed by atoms with Gasteiger partial charge in [-0.3, -0.25) is 4.79 Å². The minimum atomic E-state index is -0.532. The maximum absolute atomic E-state index is 13.6. The van der Waals surface area contributed by atoms with Gasteiger partial charge in [-0.2, -0.15) is 0 Å². The summed E-state index contributed by atoms with van der Waals surface area (Å²) in [6.07, 6.45) is 2.18. The molecule has 1 saturated carbocycles. The van der Waals surface area contributed by atoms with Crippen LogP contribution in [0.5, 0.6) is 0 Å². The highest BCUT2D eigenvalue weighted by atomic mass is 35.5. The summed E-state index contributed by atoms with van der Waals surface area (Å²) in [6.45, 7) is 1.88. The van der Waals surface area contributed by atoms with Crippen LogP contribution in [0.15, 0.2) is 24.1 Å². The van der Waals surface area contributed by atoms with E-state index < -0.39 is 11.9 Å². The molecule has 0 amide bonds. The Bertz CT molecular complexity index is 596. The van der Waals surface area contributed by atoms with Crippen molar-refractivity contribution in [3.8, 4) is 0 Å². The molecule has 0 bridgehead atoms. The first-order valence-electron chi connectivity index (χ1n) is 6.78. The summed E-state index contributed by atoms with van der Waals surface area (Å²) in [4.78, 5) is 12.4. The lowest BCUT2D eigenvalue weighted by atomic mass is 9.99. The quantitative estimate of drug-likeness (QED) is 0.926. The van der Waals surface area contributed by atoms with Crippen molar-refractivity contribution in [2.45, 2.75) is 38.3 Å². The van der Waals surface area contributed by atoms with Gasteiger partial charge in [0.05, 0.1) is 10.6 Å². The monoisotopic (exact) mass is 295 g/mol. The van der Waals surface area contributed by atoms with Crippen LogP contribution in [0.2, 0.25) is 5.02 Å². The first kappa shape index (κ1) is 13.4. The highest BCUT2D eigenvalue weighted by Gasteiger charge is 2.38. The molecular formula is C15H15ClFNO2. The van der Waals surface area contributed by atoms with Crippen molar-refractivity contribution in [3.05, 3.63) is 40.5 Å². The Kier molecular flexibility index (Phi) is 3.42. The fourth-order valence-electron chi connectivity index (χ4n) is 2.27. The van der Waals surface area contributed by atoms with Gasteiger partial charge in [0.25, 0.3) is 0 Å². The van der Waals surface area contributed by atoms with Gasteiger partial charge in [-0.1, -0.05) is 30.7 Å². The van der Waals surface area contributed by atoms with Crippen molar-refractivity contribution in [3.63, 3.8) is 0 Å². The molecule has 3 nitrogen and oxygen atoms in total. The number of carbonyl (C=O) groups excluding carboxylic acids is 1. The molecule has 0 radical (unpaired) electrons. The van der Waals surface area contributed by atoms with Gasteiger partial charge in [-0.25, -0.2) is 4.39 Å². The van der Waals surface area contributed by atoms with E-state index in [2.05, 4.69) is 5.32 Å². The summed E-state index contributed by atoms with van der Waals surface area (Å²) < 4.78 is 19.3. The second-order valence-electron chi connectivity index (χ2n) is 5.10. The maximum Gasteiger partial charge on any atom is 0.209 e. The number of benzene rings is 1. The molecule has 5 heteroatoms. The Labute approximate surface area is 121 Å². The summed E-state index contributed by atoms with van der Waals surface area (Å²) in [7, 11) is 0. The van der Waals surface area contributed by atoms with E-state index in [0.717, 1.165) is 12.8 Å². The first-order chi connectivity index (χ1) is 9.61. The van der Waals surface area contributed by atoms with E-state index in [-0.39, 0.29) is 10.8 Å².